The Morgan fingerprint density at radius 3 is 2.83 bits per heavy atom. The summed E-state index contributed by atoms with van der Waals surface area (Å²) in [5.41, 5.74) is 2.84. The fourth-order valence-corrected chi connectivity index (χ4v) is 3.75. The van der Waals surface area contributed by atoms with Crippen molar-refractivity contribution in [1.29, 1.82) is 0 Å². The molecule has 3 atom stereocenters. The predicted molar refractivity (Wildman–Crippen MR) is 109 cm³/mol. The molecule has 0 saturated heterocycles. The van der Waals surface area contributed by atoms with E-state index in [2.05, 4.69) is 27.2 Å². The molecule has 7 nitrogen and oxygen atoms in total. The zero-order valence-electron chi connectivity index (χ0n) is 16.7. The molecular formula is C22H24N4O3. The number of ketones is 1. The second-order valence-corrected chi connectivity index (χ2v) is 7.60. The van der Waals surface area contributed by atoms with E-state index in [4.69, 9.17) is 4.74 Å². The minimum atomic E-state index is -0.535. The Kier molecular flexibility index (Phi) is 5.15. The molecule has 0 unspecified atom stereocenters. The molecule has 1 aliphatic rings. The van der Waals surface area contributed by atoms with Gasteiger partial charge in [0, 0.05) is 43.9 Å². The van der Waals surface area contributed by atoms with E-state index in [0.29, 0.717) is 29.5 Å². The van der Waals surface area contributed by atoms with Gasteiger partial charge in [0.25, 0.3) is 5.91 Å². The van der Waals surface area contributed by atoms with Crippen LogP contribution in [0.25, 0.3) is 11.0 Å². The SMILES string of the molecule is CNC(=O)c1cc(C(=O)C[C@H]2C[C@@H]2C)cc([C@H](OC)c2ccnc3[nH]ccc23)n1. The van der Waals surface area contributed by atoms with Crippen LogP contribution in [0.4, 0.5) is 0 Å². The van der Waals surface area contributed by atoms with Crippen LogP contribution in [0.5, 0.6) is 0 Å². The normalized spacial score (nSPS) is 19.1. The minimum Gasteiger partial charge on any atom is -0.370 e. The number of carbonyl (C=O) groups is 2. The van der Waals surface area contributed by atoms with Crippen LogP contribution in [0, 0.1) is 11.8 Å². The highest BCUT2D eigenvalue weighted by Gasteiger charge is 2.34. The van der Waals surface area contributed by atoms with Gasteiger partial charge in [-0.05, 0) is 48.1 Å². The van der Waals surface area contributed by atoms with E-state index in [1.54, 1.807) is 32.5 Å². The van der Waals surface area contributed by atoms with E-state index in [1.165, 1.54) is 0 Å². The van der Waals surface area contributed by atoms with Crippen molar-refractivity contribution in [1.82, 2.24) is 20.3 Å². The number of ether oxygens (including phenoxy) is 1. The highest BCUT2D eigenvalue weighted by molar-refractivity contribution is 6.00. The third-order valence-corrected chi connectivity index (χ3v) is 5.63. The van der Waals surface area contributed by atoms with E-state index in [-0.39, 0.29) is 17.4 Å². The first-order chi connectivity index (χ1) is 14.0. The van der Waals surface area contributed by atoms with Crippen molar-refractivity contribution in [3.63, 3.8) is 0 Å². The summed E-state index contributed by atoms with van der Waals surface area (Å²) in [6.07, 6.45) is 4.55. The largest absolute Gasteiger partial charge is 0.370 e. The molecule has 0 aliphatic heterocycles. The van der Waals surface area contributed by atoms with Crippen molar-refractivity contribution in [3.05, 3.63) is 59.2 Å². The predicted octanol–water partition coefficient (Wildman–Crippen LogP) is 3.28. The summed E-state index contributed by atoms with van der Waals surface area (Å²) >= 11 is 0. The van der Waals surface area contributed by atoms with Gasteiger partial charge in [0.2, 0.25) is 0 Å². The van der Waals surface area contributed by atoms with E-state index in [1.807, 2.05) is 18.3 Å². The number of fused-ring (bicyclic) bond motifs is 1. The Hall–Kier alpha value is -3.06. The molecule has 150 valence electrons. The van der Waals surface area contributed by atoms with Gasteiger partial charge in [-0.15, -0.1) is 0 Å². The smallest absolute Gasteiger partial charge is 0.269 e. The number of methoxy groups -OCH3 is 1. The Bertz CT molecular complexity index is 1070. The average Bonchev–Trinajstić information content (AvgIpc) is 3.21. The van der Waals surface area contributed by atoms with Gasteiger partial charge in [0.1, 0.15) is 17.4 Å². The quantitative estimate of drug-likeness (QED) is 0.602. The van der Waals surface area contributed by atoms with Crippen LogP contribution in [-0.2, 0) is 4.74 Å². The fraction of sp³-hybridized carbons (Fsp3) is 0.364. The molecule has 0 spiro atoms. The number of pyridine rings is 2. The van der Waals surface area contributed by atoms with Gasteiger partial charge < -0.3 is 15.0 Å². The van der Waals surface area contributed by atoms with Crippen molar-refractivity contribution < 1.29 is 14.3 Å². The summed E-state index contributed by atoms with van der Waals surface area (Å²) in [7, 11) is 3.13. The molecule has 4 rings (SSSR count). The van der Waals surface area contributed by atoms with Crippen LogP contribution in [0.3, 0.4) is 0 Å². The minimum absolute atomic E-state index is 0.0320. The van der Waals surface area contributed by atoms with Crippen LogP contribution in [0.1, 0.15) is 58.0 Å². The van der Waals surface area contributed by atoms with Gasteiger partial charge in [-0.2, -0.15) is 0 Å². The number of hydrogen-bond acceptors (Lipinski definition) is 5. The molecule has 29 heavy (non-hydrogen) atoms. The maximum absolute atomic E-state index is 12.9. The Morgan fingerprint density at radius 1 is 1.34 bits per heavy atom. The Balaban J connectivity index is 1.78. The van der Waals surface area contributed by atoms with Gasteiger partial charge in [0.05, 0.1) is 5.69 Å². The number of rotatable bonds is 7. The number of amides is 1. The van der Waals surface area contributed by atoms with Crippen molar-refractivity contribution in [2.45, 2.75) is 25.9 Å². The van der Waals surface area contributed by atoms with E-state index >= 15 is 0 Å². The molecular weight excluding hydrogens is 368 g/mol. The first kappa shape index (κ1) is 19.3. The van der Waals surface area contributed by atoms with Crippen LogP contribution >= 0.6 is 0 Å². The van der Waals surface area contributed by atoms with Gasteiger partial charge in [0.15, 0.2) is 5.78 Å². The number of aromatic amines is 1. The maximum atomic E-state index is 12.9. The molecule has 0 aromatic carbocycles. The number of carbonyl (C=O) groups excluding carboxylic acids is 2. The fourth-order valence-electron chi connectivity index (χ4n) is 3.75. The molecule has 1 fully saturated rings. The molecule has 2 N–H and O–H groups in total. The topological polar surface area (TPSA) is 97.0 Å². The lowest BCUT2D eigenvalue weighted by atomic mass is 9.99. The zero-order valence-corrected chi connectivity index (χ0v) is 16.7. The van der Waals surface area contributed by atoms with Crippen molar-refractivity contribution >= 4 is 22.7 Å². The van der Waals surface area contributed by atoms with E-state index in [0.717, 1.165) is 23.0 Å². The lowest BCUT2D eigenvalue weighted by Crippen LogP contribution is -2.21. The van der Waals surface area contributed by atoms with Gasteiger partial charge in [-0.25, -0.2) is 9.97 Å². The van der Waals surface area contributed by atoms with Crippen LogP contribution in [-0.4, -0.2) is 40.8 Å². The third-order valence-electron chi connectivity index (χ3n) is 5.63. The molecule has 1 amide bonds. The summed E-state index contributed by atoms with van der Waals surface area (Å²) in [6.45, 7) is 2.15. The summed E-state index contributed by atoms with van der Waals surface area (Å²) < 4.78 is 5.77. The summed E-state index contributed by atoms with van der Waals surface area (Å²) in [4.78, 5) is 37.1. The summed E-state index contributed by atoms with van der Waals surface area (Å²) in [5, 5.41) is 3.50. The Labute approximate surface area is 168 Å². The van der Waals surface area contributed by atoms with Gasteiger partial charge in [-0.1, -0.05) is 6.92 Å². The molecule has 3 aromatic heterocycles. The highest BCUT2D eigenvalue weighted by atomic mass is 16.5. The highest BCUT2D eigenvalue weighted by Crippen LogP contribution is 2.41. The standard InChI is InChI=1S/C22H24N4O3/c1-12-8-13(12)11-19(27)14-9-17(26-18(10-14)22(28)23-2)20(29-3)15-4-6-24-21-16(15)5-7-25-21/h4-7,9-10,12-13,20H,8,11H2,1-3H3,(H,23,28)(H,24,25)/t12-,13+,20+/m0/s1. The number of H-pyrrole nitrogens is 1. The number of aromatic nitrogens is 3. The molecule has 7 heteroatoms. The molecule has 0 bridgehead atoms. The van der Waals surface area contributed by atoms with Crippen molar-refractivity contribution in [2.75, 3.05) is 14.2 Å². The van der Waals surface area contributed by atoms with Crippen LogP contribution in [0.2, 0.25) is 0 Å². The molecule has 3 heterocycles. The first-order valence-electron chi connectivity index (χ1n) is 9.73. The lowest BCUT2D eigenvalue weighted by molar-refractivity contribution is 0.0955. The number of nitrogens with one attached hydrogen (secondary N) is 2. The number of Topliss-reactive ketones (excluding diaryl/α,β-unsaturated/α-hetero) is 1. The third kappa shape index (κ3) is 3.78. The van der Waals surface area contributed by atoms with Crippen molar-refractivity contribution in [3.8, 4) is 0 Å². The summed E-state index contributed by atoms with van der Waals surface area (Å²) in [5.74, 6) is 0.714. The molecule has 0 radical (unpaired) electrons. The van der Waals surface area contributed by atoms with Crippen LogP contribution < -0.4 is 5.32 Å². The number of nitrogens with zero attached hydrogens (tertiary/aromatic N) is 2. The second-order valence-electron chi connectivity index (χ2n) is 7.60. The van der Waals surface area contributed by atoms with Crippen LogP contribution in [0.15, 0.2) is 36.7 Å². The van der Waals surface area contributed by atoms with Crippen molar-refractivity contribution in [2.24, 2.45) is 11.8 Å². The second kappa shape index (κ2) is 7.75. The monoisotopic (exact) mass is 392 g/mol. The molecule has 1 saturated carbocycles. The number of hydrogen-bond donors (Lipinski definition) is 2. The van der Waals surface area contributed by atoms with E-state index in [9.17, 15) is 9.59 Å². The average molecular weight is 392 g/mol. The first-order valence-corrected chi connectivity index (χ1v) is 9.73. The summed E-state index contributed by atoms with van der Waals surface area (Å²) in [6, 6.07) is 7.11. The maximum Gasteiger partial charge on any atom is 0.269 e. The lowest BCUT2D eigenvalue weighted by Gasteiger charge is -2.18. The zero-order chi connectivity index (χ0) is 20.5. The molecule has 3 aromatic rings. The molecule has 1 aliphatic carbocycles. The van der Waals surface area contributed by atoms with Gasteiger partial charge in [-0.3, -0.25) is 9.59 Å². The Morgan fingerprint density at radius 2 is 2.14 bits per heavy atom. The van der Waals surface area contributed by atoms with Gasteiger partial charge >= 0.3 is 0 Å². The van der Waals surface area contributed by atoms with E-state index < -0.39 is 6.10 Å².